The molecule has 1 N–H and O–H groups in total. The molecule has 4 rings (SSSR count). The summed E-state index contributed by atoms with van der Waals surface area (Å²) in [5.41, 5.74) is 3.62. The Hall–Kier alpha value is -2.27. The average molecular weight is 337 g/mol. The van der Waals surface area contributed by atoms with Crippen LogP contribution in [0, 0.1) is 6.92 Å². The van der Waals surface area contributed by atoms with E-state index in [1.807, 2.05) is 10.6 Å². The van der Waals surface area contributed by atoms with Crippen LogP contribution in [-0.2, 0) is 0 Å². The molecule has 1 aliphatic rings. The maximum Gasteiger partial charge on any atom is 0.344 e. The molecule has 5 heteroatoms. The fourth-order valence-corrected chi connectivity index (χ4v) is 4.29. The number of thioether (sulfide) groups is 1. The highest BCUT2D eigenvalue weighted by molar-refractivity contribution is 7.99. The fraction of sp³-hybridized carbons (Fsp3) is 0.263. The third kappa shape index (κ3) is 2.91. The SMILES string of the molecule is Cc1ccccc1C(Sc1n[nH]c(=O)n1C1CC1)c1ccccc1. The van der Waals surface area contributed by atoms with Gasteiger partial charge in [0.05, 0.1) is 5.25 Å². The minimum absolute atomic E-state index is 0.100. The Morgan fingerprint density at radius 1 is 1.12 bits per heavy atom. The Bertz CT molecular complexity index is 896. The number of aryl methyl sites for hydroxylation is 1. The number of hydrogen-bond acceptors (Lipinski definition) is 3. The van der Waals surface area contributed by atoms with E-state index >= 15 is 0 Å². The summed E-state index contributed by atoms with van der Waals surface area (Å²) in [4.78, 5) is 12.1. The number of aromatic amines is 1. The summed E-state index contributed by atoms with van der Waals surface area (Å²) in [6.07, 6.45) is 2.13. The van der Waals surface area contributed by atoms with E-state index < -0.39 is 0 Å². The third-order valence-electron chi connectivity index (χ3n) is 4.38. The minimum atomic E-state index is -0.100. The zero-order chi connectivity index (χ0) is 16.5. The van der Waals surface area contributed by atoms with Gasteiger partial charge in [-0.15, -0.1) is 5.10 Å². The Kier molecular flexibility index (Phi) is 4.02. The van der Waals surface area contributed by atoms with Gasteiger partial charge in [-0.25, -0.2) is 9.89 Å². The summed E-state index contributed by atoms with van der Waals surface area (Å²) in [7, 11) is 0. The van der Waals surface area contributed by atoms with Gasteiger partial charge < -0.3 is 0 Å². The van der Waals surface area contributed by atoms with E-state index in [2.05, 4.69) is 65.7 Å². The molecule has 0 radical (unpaired) electrons. The molecule has 0 amide bonds. The Labute approximate surface area is 144 Å². The van der Waals surface area contributed by atoms with Gasteiger partial charge in [0.2, 0.25) is 0 Å². The van der Waals surface area contributed by atoms with Crippen LogP contribution >= 0.6 is 11.8 Å². The molecule has 0 bridgehead atoms. The first-order chi connectivity index (χ1) is 11.7. The highest BCUT2D eigenvalue weighted by Crippen LogP contribution is 2.43. The fourth-order valence-electron chi connectivity index (χ4n) is 2.95. The van der Waals surface area contributed by atoms with Crippen LogP contribution in [0.25, 0.3) is 0 Å². The number of nitrogens with one attached hydrogen (secondary N) is 1. The van der Waals surface area contributed by atoms with Crippen molar-refractivity contribution in [3.63, 3.8) is 0 Å². The predicted molar refractivity (Wildman–Crippen MR) is 96.4 cm³/mol. The smallest absolute Gasteiger partial charge is 0.267 e. The summed E-state index contributed by atoms with van der Waals surface area (Å²) in [6, 6.07) is 19.1. The standard InChI is InChI=1S/C19H19N3OS/c1-13-7-5-6-10-16(13)17(14-8-3-2-4-9-14)24-19-21-20-18(23)22(19)15-11-12-15/h2-10,15,17H,11-12H2,1H3,(H,20,23). The molecule has 122 valence electrons. The number of H-pyrrole nitrogens is 1. The molecule has 0 spiro atoms. The minimum Gasteiger partial charge on any atom is -0.267 e. The Morgan fingerprint density at radius 3 is 2.54 bits per heavy atom. The molecule has 24 heavy (non-hydrogen) atoms. The Balaban J connectivity index is 1.77. The number of nitrogens with zero attached hydrogens (tertiary/aromatic N) is 2. The van der Waals surface area contributed by atoms with E-state index in [1.54, 1.807) is 11.8 Å². The summed E-state index contributed by atoms with van der Waals surface area (Å²) in [5, 5.41) is 7.79. The van der Waals surface area contributed by atoms with Gasteiger partial charge >= 0.3 is 5.69 Å². The maximum atomic E-state index is 12.1. The van der Waals surface area contributed by atoms with Gasteiger partial charge in [0.15, 0.2) is 5.16 Å². The first kappa shape index (κ1) is 15.3. The van der Waals surface area contributed by atoms with E-state index in [-0.39, 0.29) is 10.9 Å². The topological polar surface area (TPSA) is 50.7 Å². The van der Waals surface area contributed by atoms with Gasteiger partial charge in [-0.1, -0.05) is 66.4 Å². The predicted octanol–water partition coefficient (Wildman–Crippen LogP) is 4.10. The zero-order valence-corrected chi connectivity index (χ0v) is 14.3. The lowest BCUT2D eigenvalue weighted by Crippen LogP contribution is -2.16. The molecule has 0 saturated heterocycles. The first-order valence-electron chi connectivity index (χ1n) is 8.18. The van der Waals surface area contributed by atoms with Crippen LogP contribution in [0.3, 0.4) is 0 Å². The van der Waals surface area contributed by atoms with Crippen LogP contribution in [-0.4, -0.2) is 14.8 Å². The van der Waals surface area contributed by atoms with E-state index in [0.29, 0.717) is 6.04 Å². The summed E-state index contributed by atoms with van der Waals surface area (Å²) < 4.78 is 1.82. The van der Waals surface area contributed by atoms with E-state index in [9.17, 15) is 4.79 Å². The summed E-state index contributed by atoms with van der Waals surface area (Å²) in [6.45, 7) is 2.13. The molecule has 1 aromatic heterocycles. The second-order valence-electron chi connectivity index (χ2n) is 6.18. The third-order valence-corrected chi connectivity index (χ3v) is 5.64. The molecule has 3 aromatic rings. The largest absolute Gasteiger partial charge is 0.344 e. The lowest BCUT2D eigenvalue weighted by Gasteiger charge is -2.19. The van der Waals surface area contributed by atoms with Gasteiger partial charge in [-0.2, -0.15) is 0 Å². The van der Waals surface area contributed by atoms with Crippen LogP contribution in [0.4, 0.5) is 0 Å². The van der Waals surface area contributed by atoms with Crippen molar-refractivity contribution in [3.8, 4) is 0 Å². The van der Waals surface area contributed by atoms with Gasteiger partial charge in [-0.05, 0) is 36.5 Å². The van der Waals surface area contributed by atoms with Crippen LogP contribution in [0.1, 0.15) is 40.8 Å². The van der Waals surface area contributed by atoms with Crippen molar-refractivity contribution in [3.05, 3.63) is 81.8 Å². The zero-order valence-electron chi connectivity index (χ0n) is 13.5. The molecule has 1 saturated carbocycles. The Morgan fingerprint density at radius 2 is 1.83 bits per heavy atom. The van der Waals surface area contributed by atoms with E-state index in [0.717, 1.165) is 18.0 Å². The first-order valence-corrected chi connectivity index (χ1v) is 9.06. The molecule has 0 aliphatic heterocycles. The second-order valence-corrected chi connectivity index (χ2v) is 7.25. The summed E-state index contributed by atoms with van der Waals surface area (Å²) >= 11 is 1.65. The monoisotopic (exact) mass is 337 g/mol. The average Bonchev–Trinajstić information content (AvgIpc) is 3.38. The second kappa shape index (κ2) is 6.32. The van der Waals surface area contributed by atoms with Crippen molar-refractivity contribution in [2.45, 2.75) is 36.2 Å². The van der Waals surface area contributed by atoms with Gasteiger partial charge in [0.25, 0.3) is 0 Å². The lowest BCUT2D eigenvalue weighted by molar-refractivity contribution is 0.641. The van der Waals surface area contributed by atoms with E-state index in [4.69, 9.17) is 0 Å². The van der Waals surface area contributed by atoms with Crippen LogP contribution in [0.5, 0.6) is 0 Å². The number of hydrogen-bond donors (Lipinski definition) is 1. The maximum absolute atomic E-state index is 12.1. The molecule has 1 heterocycles. The lowest BCUT2D eigenvalue weighted by atomic mass is 10.0. The molecule has 4 nitrogen and oxygen atoms in total. The summed E-state index contributed by atoms with van der Waals surface area (Å²) in [5.74, 6) is 0. The van der Waals surface area contributed by atoms with Gasteiger partial charge in [0.1, 0.15) is 0 Å². The normalized spacial score (nSPS) is 15.4. The van der Waals surface area contributed by atoms with Crippen molar-refractivity contribution in [2.75, 3.05) is 0 Å². The van der Waals surface area contributed by atoms with Crippen molar-refractivity contribution < 1.29 is 0 Å². The van der Waals surface area contributed by atoms with Crippen molar-refractivity contribution in [1.82, 2.24) is 14.8 Å². The van der Waals surface area contributed by atoms with Crippen LogP contribution in [0.15, 0.2) is 64.5 Å². The number of rotatable bonds is 5. The highest BCUT2D eigenvalue weighted by Gasteiger charge is 2.30. The molecule has 1 atom stereocenters. The number of benzene rings is 2. The molecular weight excluding hydrogens is 318 g/mol. The molecular formula is C19H19N3OS. The van der Waals surface area contributed by atoms with Gasteiger partial charge in [0, 0.05) is 6.04 Å². The molecule has 1 aliphatic carbocycles. The van der Waals surface area contributed by atoms with Crippen molar-refractivity contribution >= 4 is 11.8 Å². The van der Waals surface area contributed by atoms with E-state index in [1.165, 1.54) is 16.7 Å². The molecule has 1 fully saturated rings. The quantitative estimate of drug-likeness (QED) is 0.713. The molecule has 1 unspecified atom stereocenters. The van der Waals surface area contributed by atoms with Crippen molar-refractivity contribution in [2.24, 2.45) is 0 Å². The molecule has 2 aromatic carbocycles. The van der Waals surface area contributed by atoms with Gasteiger partial charge in [-0.3, -0.25) is 4.57 Å². The number of aromatic nitrogens is 3. The van der Waals surface area contributed by atoms with Crippen LogP contribution < -0.4 is 5.69 Å². The highest BCUT2D eigenvalue weighted by atomic mass is 32.2. The van der Waals surface area contributed by atoms with Crippen LogP contribution in [0.2, 0.25) is 0 Å². The van der Waals surface area contributed by atoms with Crippen molar-refractivity contribution in [1.29, 1.82) is 0 Å².